The van der Waals surface area contributed by atoms with Crippen LogP contribution in [0.1, 0.15) is 5.56 Å². The number of benzene rings is 1. The molecule has 0 fully saturated rings. The maximum atomic E-state index is 11.6. The molecule has 10 heteroatoms. The van der Waals surface area contributed by atoms with E-state index in [0.717, 1.165) is 6.08 Å². The number of aliphatic hydroxyl groups excluding tert-OH is 3. The third-order valence-electron chi connectivity index (χ3n) is 3.03. The average Bonchev–Trinajstić information content (AvgIpc) is 2.56. The van der Waals surface area contributed by atoms with E-state index < -0.39 is 42.3 Å². The number of carboxylic acid groups (broad SMARTS) is 2. The summed E-state index contributed by atoms with van der Waals surface area (Å²) in [6.07, 6.45) is -7.49. The first-order chi connectivity index (χ1) is 11.6. The van der Waals surface area contributed by atoms with Gasteiger partial charge < -0.3 is 35.4 Å². The number of carbonyl (C=O) groups is 3. The van der Waals surface area contributed by atoms with Crippen molar-refractivity contribution in [3.05, 3.63) is 35.9 Å². The third kappa shape index (κ3) is 5.88. The summed E-state index contributed by atoms with van der Waals surface area (Å²) >= 11 is 0. The maximum Gasteiger partial charge on any atom is 0.347 e. The predicted octanol–water partition coefficient (Wildman–Crippen LogP) is -1.43. The molecular weight excluding hydrogens is 340 g/mol. The third-order valence-corrected chi connectivity index (χ3v) is 3.03. The van der Waals surface area contributed by atoms with Gasteiger partial charge in [0.15, 0.2) is 6.10 Å². The molecule has 0 spiro atoms. The van der Waals surface area contributed by atoms with E-state index in [4.69, 9.17) is 20.4 Å². The Kier molecular flexibility index (Phi) is 7.06. The second-order valence-corrected chi connectivity index (χ2v) is 4.88. The minimum Gasteiger partial charge on any atom is -0.508 e. The van der Waals surface area contributed by atoms with Crippen molar-refractivity contribution in [2.75, 3.05) is 0 Å². The first kappa shape index (κ1) is 20.1. The van der Waals surface area contributed by atoms with Gasteiger partial charge in [-0.3, -0.25) is 0 Å². The summed E-state index contributed by atoms with van der Waals surface area (Å²) in [5.41, 5.74) is 0.475. The fraction of sp³-hybridized carbons (Fsp3) is 0.267. The zero-order valence-corrected chi connectivity index (χ0v) is 12.6. The van der Waals surface area contributed by atoms with Crippen LogP contribution in [0.5, 0.6) is 5.75 Å². The lowest BCUT2D eigenvalue weighted by atomic mass is 10.0. The zero-order valence-electron chi connectivity index (χ0n) is 12.6. The smallest absolute Gasteiger partial charge is 0.347 e. The number of hydrogen-bond donors (Lipinski definition) is 6. The van der Waals surface area contributed by atoms with Crippen LogP contribution in [0.3, 0.4) is 0 Å². The first-order valence-corrected chi connectivity index (χ1v) is 6.81. The molecule has 25 heavy (non-hydrogen) atoms. The first-order valence-electron chi connectivity index (χ1n) is 6.81. The highest BCUT2D eigenvalue weighted by atomic mass is 16.6. The lowest BCUT2D eigenvalue weighted by Gasteiger charge is -2.24. The number of esters is 1. The Morgan fingerprint density at radius 3 is 1.96 bits per heavy atom. The highest BCUT2D eigenvalue weighted by Crippen LogP contribution is 2.12. The molecule has 0 saturated heterocycles. The van der Waals surface area contributed by atoms with Crippen molar-refractivity contribution in [2.24, 2.45) is 0 Å². The van der Waals surface area contributed by atoms with E-state index in [1.165, 1.54) is 30.3 Å². The van der Waals surface area contributed by atoms with Crippen LogP contribution in [0.2, 0.25) is 0 Å². The quantitative estimate of drug-likeness (QED) is 0.238. The largest absolute Gasteiger partial charge is 0.508 e. The van der Waals surface area contributed by atoms with Crippen molar-refractivity contribution in [2.45, 2.75) is 24.4 Å². The van der Waals surface area contributed by atoms with E-state index in [0.29, 0.717) is 5.56 Å². The SMILES string of the molecule is O=C(/C=C/c1ccc(O)cc1)OC(C(=O)O)C(O)C(O)C(O)C(=O)O. The van der Waals surface area contributed by atoms with Gasteiger partial charge in [0.2, 0.25) is 6.10 Å². The molecule has 10 nitrogen and oxygen atoms in total. The van der Waals surface area contributed by atoms with Crippen LogP contribution in [-0.2, 0) is 19.1 Å². The number of aliphatic hydroxyl groups is 3. The number of carboxylic acids is 2. The number of aromatic hydroxyl groups is 1. The summed E-state index contributed by atoms with van der Waals surface area (Å²) in [6.45, 7) is 0. The maximum absolute atomic E-state index is 11.6. The Balaban J connectivity index is 2.79. The molecule has 0 aromatic heterocycles. The molecule has 1 aromatic rings. The normalized spacial score (nSPS) is 16.0. The van der Waals surface area contributed by atoms with Gasteiger partial charge in [-0.2, -0.15) is 0 Å². The van der Waals surface area contributed by atoms with Crippen LogP contribution in [-0.4, -0.2) is 73.0 Å². The molecule has 0 aliphatic carbocycles. The number of ether oxygens (including phenoxy) is 1. The summed E-state index contributed by atoms with van der Waals surface area (Å²) in [7, 11) is 0. The molecule has 0 radical (unpaired) electrons. The van der Waals surface area contributed by atoms with E-state index in [9.17, 15) is 24.6 Å². The van der Waals surface area contributed by atoms with Gasteiger partial charge in [0.1, 0.15) is 18.0 Å². The second-order valence-electron chi connectivity index (χ2n) is 4.88. The summed E-state index contributed by atoms with van der Waals surface area (Å²) in [6, 6.07) is 5.60. The highest BCUT2D eigenvalue weighted by molar-refractivity contribution is 5.89. The van der Waals surface area contributed by atoms with E-state index in [1.807, 2.05) is 0 Å². The van der Waals surface area contributed by atoms with E-state index in [1.54, 1.807) is 0 Å². The molecule has 0 aliphatic rings. The Hall–Kier alpha value is -2.95. The Morgan fingerprint density at radius 2 is 1.48 bits per heavy atom. The summed E-state index contributed by atoms with van der Waals surface area (Å²) in [4.78, 5) is 33.2. The van der Waals surface area contributed by atoms with Crippen molar-refractivity contribution in [1.29, 1.82) is 0 Å². The number of carbonyl (C=O) groups excluding carboxylic acids is 1. The van der Waals surface area contributed by atoms with E-state index in [-0.39, 0.29) is 5.75 Å². The zero-order chi connectivity index (χ0) is 19.1. The van der Waals surface area contributed by atoms with E-state index >= 15 is 0 Å². The highest BCUT2D eigenvalue weighted by Gasteiger charge is 2.40. The summed E-state index contributed by atoms with van der Waals surface area (Å²) < 4.78 is 4.48. The van der Waals surface area contributed by atoms with Gasteiger partial charge in [0.25, 0.3) is 0 Å². The van der Waals surface area contributed by atoms with Gasteiger partial charge >= 0.3 is 17.9 Å². The monoisotopic (exact) mass is 356 g/mol. The average molecular weight is 356 g/mol. The van der Waals surface area contributed by atoms with Crippen LogP contribution < -0.4 is 0 Å². The molecule has 6 N–H and O–H groups in total. The van der Waals surface area contributed by atoms with Gasteiger partial charge in [0, 0.05) is 6.08 Å². The molecule has 1 rings (SSSR count). The van der Waals surface area contributed by atoms with Crippen molar-refractivity contribution in [1.82, 2.24) is 0 Å². The van der Waals surface area contributed by atoms with Crippen molar-refractivity contribution in [3.8, 4) is 5.75 Å². The van der Waals surface area contributed by atoms with Crippen LogP contribution in [0.15, 0.2) is 30.3 Å². The standard InChI is InChI=1S/C15H16O10/c16-8-4-1-7(2-5-8)3-6-9(17)25-13(15(23)24)11(19)10(18)12(20)14(21)22/h1-6,10-13,16,18-20H,(H,21,22)(H,23,24)/b6-3+. The van der Waals surface area contributed by atoms with Gasteiger partial charge in [-0.1, -0.05) is 12.1 Å². The molecule has 4 atom stereocenters. The van der Waals surface area contributed by atoms with Gasteiger partial charge in [-0.25, -0.2) is 14.4 Å². The fourth-order valence-electron chi connectivity index (χ4n) is 1.69. The molecule has 1 aromatic carbocycles. The molecule has 0 bridgehead atoms. The van der Waals surface area contributed by atoms with Crippen LogP contribution in [0.25, 0.3) is 6.08 Å². The number of phenols is 1. The second kappa shape index (κ2) is 8.78. The number of aliphatic carboxylic acids is 2. The Morgan fingerprint density at radius 1 is 0.920 bits per heavy atom. The molecule has 136 valence electrons. The summed E-state index contributed by atoms with van der Waals surface area (Å²) in [5.74, 6) is -4.94. The van der Waals surface area contributed by atoms with E-state index in [2.05, 4.69) is 4.74 Å². The topological polar surface area (TPSA) is 182 Å². The molecule has 0 saturated carbocycles. The van der Waals surface area contributed by atoms with Gasteiger partial charge in [-0.05, 0) is 23.8 Å². The van der Waals surface area contributed by atoms with Crippen molar-refractivity contribution >= 4 is 24.0 Å². The molecule has 0 aliphatic heterocycles. The molecule has 4 unspecified atom stereocenters. The van der Waals surface area contributed by atoms with Crippen LogP contribution >= 0.6 is 0 Å². The summed E-state index contributed by atoms with van der Waals surface area (Å²) in [5, 5.41) is 54.8. The number of phenolic OH excluding ortho intramolecular Hbond substituents is 1. The predicted molar refractivity (Wildman–Crippen MR) is 80.3 cm³/mol. The van der Waals surface area contributed by atoms with Crippen LogP contribution in [0, 0.1) is 0 Å². The number of rotatable bonds is 8. The van der Waals surface area contributed by atoms with Crippen LogP contribution in [0.4, 0.5) is 0 Å². The number of hydrogen-bond acceptors (Lipinski definition) is 8. The van der Waals surface area contributed by atoms with Crippen molar-refractivity contribution in [3.63, 3.8) is 0 Å². The van der Waals surface area contributed by atoms with Gasteiger partial charge in [-0.15, -0.1) is 0 Å². The molecule has 0 amide bonds. The minimum absolute atomic E-state index is 0.000217. The van der Waals surface area contributed by atoms with Gasteiger partial charge in [0.05, 0.1) is 0 Å². The molecule has 0 heterocycles. The lowest BCUT2D eigenvalue weighted by molar-refractivity contribution is -0.182. The lowest BCUT2D eigenvalue weighted by Crippen LogP contribution is -2.51. The Bertz CT molecular complexity index is 651. The van der Waals surface area contributed by atoms with Crippen molar-refractivity contribution < 1.29 is 49.8 Å². The minimum atomic E-state index is -2.47. The Labute approximate surface area is 140 Å². The molecular formula is C15H16O10. The fourth-order valence-corrected chi connectivity index (χ4v) is 1.69.